The highest BCUT2D eigenvalue weighted by Crippen LogP contribution is 2.11. The highest BCUT2D eigenvalue weighted by molar-refractivity contribution is 6.30. The highest BCUT2D eigenvalue weighted by Gasteiger charge is 2.14. The summed E-state index contributed by atoms with van der Waals surface area (Å²) < 4.78 is 0. The largest absolute Gasteiger partial charge is 0.385 e. The molecule has 0 saturated heterocycles. The molecule has 0 spiro atoms. The van der Waals surface area contributed by atoms with Gasteiger partial charge in [0.1, 0.15) is 6.10 Å². The average molecular weight is 199 g/mol. The Bertz CT molecular complexity index is 292. The van der Waals surface area contributed by atoms with Crippen LogP contribution >= 0.6 is 11.6 Å². The van der Waals surface area contributed by atoms with Crippen LogP contribution in [0.2, 0.25) is 5.02 Å². The molecule has 1 aromatic rings. The number of carbonyl (C=O) groups excluding carboxylic acids is 1. The van der Waals surface area contributed by atoms with Crippen LogP contribution in [-0.4, -0.2) is 17.0 Å². The molecule has 0 radical (unpaired) electrons. The Kier molecular flexibility index (Phi) is 3.46. The summed E-state index contributed by atoms with van der Waals surface area (Å²) in [7, 11) is 0. The number of aliphatic hydroxyl groups is 1. The van der Waals surface area contributed by atoms with Crippen LogP contribution in [0.25, 0.3) is 0 Å². The first-order valence-corrected chi connectivity index (χ1v) is 4.50. The van der Waals surface area contributed by atoms with Gasteiger partial charge in [-0.2, -0.15) is 0 Å². The second-order valence-corrected chi connectivity index (χ2v) is 3.23. The Morgan fingerprint density at radius 2 is 2.00 bits per heavy atom. The lowest BCUT2D eigenvalue weighted by molar-refractivity contribution is 0.0741. The SMILES string of the molecule is CC[C@H](O)C(=O)c1ccc(Cl)cc1. The van der Waals surface area contributed by atoms with E-state index in [1.165, 1.54) is 0 Å². The molecular weight excluding hydrogens is 188 g/mol. The van der Waals surface area contributed by atoms with Crippen molar-refractivity contribution in [3.05, 3.63) is 34.9 Å². The van der Waals surface area contributed by atoms with E-state index in [0.717, 1.165) is 0 Å². The van der Waals surface area contributed by atoms with Crippen LogP contribution < -0.4 is 0 Å². The van der Waals surface area contributed by atoms with E-state index in [-0.39, 0.29) is 5.78 Å². The lowest BCUT2D eigenvalue weighted by Crippen LogP contribution is -2.18. The molecular formula is C10H11ClO2. The topological polar surface area (TPSA) is 37.3 Å². The minimum Gasteiger partial charge on any atom is -0.385 e. The number of Topliss-reactive ketones (excluding diaryl/α,β-unsaturated/α-hetero) is 1. The summed E-state index contributed by atoms with van der Waals surface area (Å²) >= 11 is 5.66. The maximum absolute atomic E-state index is 11.4. The molecule has 0 unspecified atom stereocenters. The molecule has 0 aromatic heterocycles. The standard InChI is InChI=1S/C10H11ClO2/c1-2-9(12)10(13)7-3-5-8(11)6-4-7/h3-6,9,12H,2H2,1H3/t9-/m0/s1. The minimum atomic E-state index is -0.902. The molecule has 0 bridgehead atoms. The Hall–Kier alpha value is -0.860. The molecule has 0 aliphatic carbocycles. The maximum atomic E-state index is 11.4. The third-order valence-corrected chi connectivity index (χ3v) is 2.07. The average Bonchev–Trinajstić information content (AvgIpc) is 2.17. The smallest absolute Gasteiger partial charge is 0.191 e. The summed E-state index contributed by atoms with van der Waals surface area (Å²) in [6.45, 7) is 1.76. The fourth-order valence-corrected chi connectivity index (χ4v) is 1.12. The van der Waals surface area contributed by atoms with E-state index in [2.05, 4.69) is 0 Å². The van der Waals surface area contributed by atoms with E-state index in [1.807, 2.05) is 0 Å². The number of benzene rings is 1. The van der Waals surface area contributed by atoms with Gasteiger partial charge in [0.05, 0.1) is 0 Å². The second-order valence-electron chi connectivity index (χ2n) is 2.80. The molecule has 1 rings (SSSR count). The van der Waals surface area contributed by atoms with E-state index < -0.39 is 6.10 Å². The van der Waals surface area contributed by atoms with Gasteiger partial charge in [0.15, 0.2) is 5.78 Å². The molecule has 0 fully saturated rings. The van der Waals surface area contributed by atoms with Crippen molar-refractivity contribution in [3.8, 4) is 0 Å². The number of hydrogen-bond donors (Lipinski definition) is 1. The number of ketones is 1. The van der Waals surface area contributed by atoms with Crippen molar-refractivity contribution in [1.29, 1.82) is 0 Å². The van der Waals surface area contributed by atoms with Crippen LogP contribution in [0.5, 0.6) is 0 Å². The number of halogens is 1. The summed E-state index contributed by atoms with van der Waals surface area (Å²) in [4.78, 5) is 11.4. The quantitative estimate of drug-likeness (QED) is 0.757. The van der Waals surface area contributed by atoms with Gasteiger partial charge in [-0.15, -0.1) is 0 Å². The van der Waals surface area contributed by atoms with Crippen LogP contribution in [0.4, 0.5) is 0 Å². The molecule has 0 aliphatic rings. The summed E-state index contributed by atoms with van der Waals surface area (Å²) in [6.07, 6.45) is -0.470. The fourth-order valence-electron chi connectivity index (χ4n) is 0.992. The van der Waals surface area contributed by atoms with Crippen molar-refractivity contribution in [3.63, 3.8) is 0 Å². The van der Waals surface area contributed by atoms with E-state index in [9.17, 15) is 9.90 Å². The van der Waals surface area contributed by atoms with Crippen LogP contribution in [-0.2, 0) is 0 Å². The van der Waals surface area contributed by atoms with Crippen LogP contribution in [0.3, 0.4) is 0 Å². The zero-order valence-corrected chi connectivity index (χ0v) is 8.08. The van der Waals surface area contributed by atoms with E-state index in [1.54, 1.807) is 31.2 Å². The van der Waals surface area contributed by atoms with Crippen molar-refractivity contribution in [1.82, 2.24) is 0 Å². The third kappa shape index (κ3) is 2.54. The second kappa shape index (κ2) is 4.40. The lowest BCUT2D eigenvalue weighted by Gasteiger charge is -2.05. The number of aliphatic hydroxyl groups excluding tert-OH is 1. The molecule has 0 saturated carbocycles. The Balaban J connectivity index is 2.83. The van der Waals surface area contributed by atoms with Crippen LogP contribution in [0.15, 0.2) is 24.3 Å². The molecule has 0 amide bonds. The first-order chi connectivity index (χ1) is 6.15. The molecule has 13 heavy (non-hydrogen) atoms. The molecule has 70 valence electrons. The summed E-state index contributed by atoms with van der Waals surface area (Å²) in [5.41, 5.74) is 0.499. The van der Waals surface area contributed by atoms with Crippen molar-refractivity contribution >= 4 is 17.4 Å². The Labute approximate surface area is 82.2 Å². The molecule has 2 nitrogen and oxygen atoms in total. The minimum absolute atomic E-state index is 0.251. The zero-order valence-electron chi connectivity index (χ0n) is 7.33. The third-order valence-electron chi connectivity index (χ3n) is 1.82. The van der Waals surface area contributed by atoms with Gasteiger partial charge in [-0.05, 0) is 30.7 Å². The van der Waals surface area contributed by atoms with E-state index >= 15 is 0 Å². The molecule has 3 heteroatoms. The Morgan fingerprint density at radius 1 is 1.46 bits per heavy atom. The first-order valence-electron chi connectivity index (χ1n) is 4.13. The van der Waals surface area contributed by atoms with Gasteiger partial charge in [-0.3, -0.25) is 4.79 Å². The Morgan fingerprint density at radius 3 is 2.46 bits per heavy atom. The van der Waals surface area contributed by atoms with Gasteiger partial charge in [0, 0.05) is 10.6 Å². The number of rotatable bonds is 3. The van der Waals surface area contributed by atoms with Crippen molar-refractivity contribution in [2.24, 2.45) is 0 Å². The van der Waals surface area contributed by atoms with Crippen molar-refractivity contribution in [2.45, 2.75) is 19.4 Å². The van der Waals surface area contributed by atoms with Gasteiger partial charge in [0.25, 0.3) is 0 Å². The van der Waals surface area contributed by atoms with Gasteiger partial charge in [0.2, 0.25) is 0 Å². The monoisotopic (exact) mass is 198 g/mol. The molecule has 0 aliphatic heterocycles. The lowest BCUT2D eigenvalue weighted by atomic mass is 10.1. The van der Waals surface area contributed by atoms with Gasteiger partial charge < -0.3 is 5.11 Å². The number of hydrogen-bond acceptors (Lipinski definition) is 2. The van der Waals surface area contributed by atoms with E-state index in [4.69, 9.17) is 11.6 Å². The van der Waals surface area contributed by atoms with Crippen LogP contribution in [0, 0.1) is 0 Å². The number of carbonyl (C=O) groups is 1. The normalized spacial score (nSPS) is 12.5. The summed E-state index contributed by atoms with van der Waals surface area (Å²) in [6, 6.07) is 6.50. The molecule has 1 N–H and O–H groups in total. The first kappa shape index (κ1) is 10.2. The molecule has 0 heterocycles. The van der Waals surface area contributed by atoms with Crippen LogP contribution in [0.1, 0.15) is 23.7 Å². The van der Waals surface area contributed by atoms with Gasteiger partial charge in [-0.25, -0.2) is 0 Å². The molecule has 1 atom stereocenters. The predicted octanol–water partition coefficient (Wildman–Crippen LogP) is 2.29. The maximum Gasteiger partial charge on any atom is 0.191 e. The van der Waals surface area contributed by atoms with Gasteiger partial charge >= 0.3 is 0 Å². The summed E-state index contributed by atoms with van der Waals surface area (Å²) in [5.74, 6) is -0.251. The van der Waals surface area contributed by atoms with Crippen molar-refractivity contribution in [2.75, 3.05) is 0 Å². The summed E-state index contributed by atoms with van der Waals surface area (Å²) in [5, 5.41) is 9.85. The zero-order chi connectivity index (χ0) is 9.84. The van der Waals surface area contributed by atoms with E-state index in [0.29, 0.717) is 17.0 Å². The molecule has 1 aromatic carbocycles. The van der Waals surface area contributed by atoms with Gasteiger partial charge in [-0.1, -0.05) is 18.5 Å². The predicted molar refractivity (Wildman–Crippen MR) is 52.1 cm³/mol. The fraction of sp³-hybridized carbons (Fsp3) is 0.300. The van der Waals surface area contributed by atoms with Crippen molar-refractivity contribution < 1.29 is 9.90 Å². The highest BCUT2D eigenvalue weighted by atomic mass is 35.5.